The molecule has 2 amide bonds. The van der Waals surface area contributed by atoms with Gasteiger partial charge >= 0.3 is 6.03 Å². The molecule has 0 unspecified atom stereocenters. The molecule has 1 fully saturated rings. The van der Waals surface area contributed by atoms with E-state index in [1.165, 1.54) is 5.56 Å². The average molecular weight is 294 g/mol. The molecule has 5 heteroatoms. The van der Waals surface area contributed by atoms with Crippen molar-refractivity contribution in [2.24, 2.45) is 0 Å². The van der Waals surface area contributed by atoms with Crippen molar-refractivity contribution < 1.29 is 9.53 Å². The van der Waals surface area contributed by atoms with Gasteiger partial charge in [0, 0.05) is 18.8 Å². The molecule has 0 radical (unpaired) electrons. The largest absolute Gasteiger partial charge is 0.375 e. The number of urea groups is 1. The third kappa shape index (κ3) is 4.42. The zero-order valence-electron chi connectivity index (χ0n) is 12.1. The van der Waals surface area contributed by atoms with E-state index in [0.717, 1.165) is 17.9 Å². The molecule has 0 aromatic heterocycles. The summed E-state index contributed by atoms with van der Waals surface area (Å²) in [6.45, 7) is 3.90. The van der Waals surface area contributed by atoms with Crippen LogP contribution in [-0.4, -0.2) is 48.7 Å². The maximum Gasteiger partial charge on any atom is 0.322 e. The van der Waals surface area contributed by atoms with E-state index >= 15 is 0 Å². The van der Waals surface area contributed by atoms with Crippen molar-refractivity contribution in [2.45, 2.75) is 19.4 Å². The predicted octanol–water partition coefficient (Wildman–Crippen LogP) is 2.84. The summed E-state index contributed by atoms with van der Waals surface area (Å²) in [6, 6.07) is 8.05. The molecule has 1 heterocycles. The lowest BCUT2D eigenvalue weighted by Crippen LogP contribution is -2.46. The highest BCUT2D eigenvalue weighted by molar-refractivity contribution is 7.98. The fourth-order valence-electron chi connectivity index (χ4n) is 2.18. The molecule has 1 aromatic carbocycles. The van der Waals surface area contributed by atoms with Gasteiger partial charge in [-0.15, -0.1) is 0 Å². The lowest BCUT2D eigenvalue weighted by molar-refractivity contribution is -0.00138. The number of nitrogens with zero attached hydrogens (tertiary/aromatic N) is 1. The van der Waals surface area contributed by atoms with E-state index < -0.39 is 0 Å². The number of benzene rings is 1. The molecule has 20 heavy (non-hydrogen) atoms. The molecular weight excluding hydrogens is 272 g/mol. The number of carbonyl (C=O) groups is 1. The van der Waals surface area contributed by atoms with E-state index in [0.29, 0.717) is 19.7 Å². The summed E-state index contributed by atoms with van der Waals surface area (Å²) in [5, 5.41) is 2.94. The molecule has 0 aliphatic carbocycles. The zero-order valence-corrected chi connectivity index (χ0v) is 12.9. The van der Waals surface area contributed by atoms with Crippen molar-refractivity contribution in [3.63, 3.8) is 0 Å². The minimum Gasteiger partial charge on any atom is -0.375 e. The molecule has 1 aliphatic heterocycles. The van der Waals surface area contributed by atoms with Crippen LogP contribution in [-0.2, 0) is 11.2 Å². The minimum absolute atomic E-state index is 0.0444. The van der Waals surface area contributed by atoms with Gasteiger partial charge in [-0.3, -0.25) is 0 Å². The van der Waals surface area contributed by atoms with Gasteiger partial charge in [0.05, 0.1) is 12.7 Å². The lowest BCUT2D eigenvalue weighted by Gasteiger charge is -2.31. The Bertz CT molecular complexity index is 436. The first-order chi connectivity index (χ1) is 9.69. The molecule has 1 aliphatic rings. The number of amides is 2. The maximum absolute atomic E-state index is 12.1. The maximum atomic E-state index is 12.1. The van der Waals surface area contributed by atoms with Gasteiger partial charge in [0.25, 0.3) is 0 Å². The van der Waals surface area contributed by atoms with E-state index in [-0.39, 0.29) is 12.1 Å². The van der Waals surface area contributed by atoms with Gasteiger partial charge < -0.3 is 15.0 Å². The van der Waals surface area contributed by atoms with Crippen LogP contribution in [0, 0.1) is 0 Å². The Balaban J connectivity index is 1.87. The zero-order chi connectivity index (χ0) is 14.4. The van der Waals surface area contributed by atoms with Crippen LogP contribution >= 0.6 is 11.8 Å². The molecule has 110 valence electrons. The summed E-state index contributed by atoms with van der Waals surface area (Å²) in [7, 11) is 0. The van der Waals surface area contributed by atoms with Crippen molar-refractivity contribution >= 4 is 23.5 Å². The lowest BCUT2D eigenvalue weighted by atomic mass is 10.1. The number of ether oxygens (including phenoxy) is 1. The van der Waals surface area contributed by atoms with Crippen molar-refractivity contribution in [3.05, 3.63) is 29.8 Å². The van der Waals surface area contributed by atoms with E-state index in [4.69, 9.17) is 4.74 Å². The summed E-state index contributed by atoms with van der Waals surface area (Å²) < 4.78 is 5.44. The number of morpholine rings is 1. The number of rotatable bonds is 4. The highest BCUT2D eigenvalue weighted by Crippen LogP contribution is 2.13. The monoisotopic (exact) mass is 294 g/mol. The van der Waals surface area contributed by atoms with Crippen LogP contribution in [0.4, 0.5) is 10.5 Å². The summed E-state index contributed by atoms with van der Waals surface area (Å²) in [5.41, 5.74) is 2.15. The van der Waals surface area contributed by atoms with Gasteiger partial charge in [-0.1, -0.05) is 12.1 Å². The molecule has 1 aromatic rings. The fourth-order valence-corrected chi connectivity index (χ4v) is 2.62. The molecule has 2 rings (SSSR count). The number of aryl methyl sites for hydroxylation is 1. The third-order valence-corrected chi connectivity index (χ3v) is 3.94. The van der Waals surface area contributed by atoms with Crippen molar-refractivity contribution in [1.29, 1.82) is 0 Å². The second-order valence-corrected chi connectivity index (χ2v) is 5.98. The topological polar surface area (TPSA) is 41.6 Å². The first-order valence-electron chi connectivity index (χ1n) is 6.94. The Morgan fingerprint density at radius 1 is 1.45 bits per heavy atom. The average Bonchev–Trinajstić information content (AvgIpc) is 2.46. The quantitative estimate of drug-likeness (QED) is 0.928. The predicted molar refractivity (Wildman–Crippen MR) is 84.5 cm³/mol. The van der Waals surface area contributed by atoms with E-state index in [2.05, 4.69) is 23.7 Å². The molecule has 0 saturated carbocycles. The smallest absolute Gasteiger partial charge is 0.322 e. The Hall–Kier alpha value is -1.20. The van der Waals surface area contributed by atoms with Crippen LogP contribution in [0.15, 0.2) is 24.3 Å². The fraction of sp³-hybridized carbons (Fsp3) is 0.533. The Morgan fingerprint density at radius 3 is 2.85 bits per heavy atom. The SMILES string of the molecule is CSCCc1ccc(NC(=O)N2CCO[C@H](C)C2)cc1. The number of nitrogens with one attached hydrogen (secondary N) is 1. The van der Waals surface area contributed by atoms with Gasteiger partial charge in [-0.2, -0.15) is 11.8 Å². The first kappa shape index (κ1) is 15.2. The second-order valence-electron chi connectivity index (χ2n) is 5.00. The van der Waals surface area contributed by atoms with Crippen LogP contribution < -0.4 is 5.32 Å². The van der Waals surface area contributed by atoms with Gasteiger partial charge in [0.15, 0.2) is 0 Å². The molecule has 0 spiro atoms. The molecule has 4 nitrogen and oxygen atoms in total. The Morgan fingerprint density at radius 2 is 2.20 bits per heavy atom. The van der Waals surface area contributed by atoms with Gasteiger partial charge in [-0.25, -0.2) is 4.79 Å². The molecular formula is C15H22N2O2S. The number of hydrogen-bond acceptors (Lipinski definition) is 3. The second kappa shape index (κ2) is 7.55. The summed E-state index contributed by atoms with van der Waals surface area (Å²) >= 11 is 1.84. The highest BCUT2D eigenvalue weighted by Gasteiger charge is 2.21. The van der Waals surface area contributed by atoms with Gasteiger partial charge in [0.2, 0.25) is 0 Å². The summed E-state index contributed by atoms with van der Waals surface area (Å²) in [6.07, 6.45) is 3.29. The number of thioether (sulfide) groups is 1. The number of hydrogen-bond donors (Lipinski definition) is 1. The van der Waals surface area contributed by atoms with Crippen LogP contribution in [0.25, 0.3) is 0 Å². The Labute approximate surface area is 124 Å². The summed E-state index contributed by atoms with van der Waals surface area (Å²) in [5.74, 6) is 1.12. The Kier molecular flexibility index (Phi) is 5.73. The molecule has 1 saturated heterocycles. The molecule has 1 atom stereocenters. The highest BCUT2D eigenvalue weighted by atomic mass is 32.2. The summed E-state index contributed by atoms with van der Waals surface area (Å²) in [4.78, 5) is 13.9. The van der Waals surface area contributed by atoms with Crippen LogP contribution in [0.5, 0.6) is 0 Å². The standard InChI is InChI=1S/C15H22N2O2S/c1-12-11-17(8-9-19-12)15(18)16-14-5-3-13(4-6-14)7-10-20-2/h3-6,12H,7-11H2,1-2H3,(H,16,18)/t12-/m1/s1. The molecule has 1 N–H and O–H groups in total. The number of anilines is 1. The van der Waals surface area contributed by atoms with E-state index in [1.54, 1.807) is 4.90 Å². The van der Waals surface area contributed by atoms with Crippen molar-refractivity contribution in [3.8, 4) is 0 Å². The first-order valence-corrected chi connectivity index (χ1v) is 8.34. The molecule has 0 bridgehead atoms. The van der Waals surface area contributed by atoms with Crippen molar-refractivity contribution in [1.82, 2.24) is 4.90 Å². The van der Waals surface area contributed by atoms with E-state index in [1.807, 2.05) is 30.8 Å². The van der Waals surface area contributed by atoms with Crippen LogP contribution in [0.3, 0.4) is 0 Å². The van der Waals surface area contributed by atoms with Gasteiger partial charge in [0.1, 0.15) is 0 Å². The third-order valence-electron chi connectivity index (χ3n) is 3.33. The van der Waals surface area contributed by atoms with Crippen molar-refractivity contribution in [2.75, 3.05) is 37.0 Å². The van der Waals surface area contributed by atoms with Crippen LogP contribution in [0.2, 0.25) is 0 Å². The minimum atomic E-state index is -0.0444. The van der Waals surface area contributed by atoms with E-state index in [9.17, 15) is 4.79 Å². The van der Waals surface area contributed by atoms with Gasteiger partial charge in [-0.05, 0) is 43.0 Å². The normalized spacial score (nSPS) is 18.9. The number of carbonyl (C=O) groups excluding carboxylic acids is 1. The van der Waals surface area contributed by atoms with Crippen LogP contribution in [0.1, 0.15) is 12.5 Å².